The Labute approximate surface area is 119 Å². The molecule has 0 radical (unpaired) electrons. The van der Waals surface area contributed by atoms with Gasteiger partial charge in [-0.05, 0) is 55.4 Å². The molecule has 1 saturated heterocycles. The largest absolute Gasteiger partial charge is 0.484 e. The van der Waals surface area contributed by atoms with Gasteiger partial charge in [-0.25, -0.2) is 0 Å². The summed E-state index contributed by atoms with van der Waals surface area (Å²) < 4.78 is 5.65. The fourth-order valence-electron chi connectivity index (χ4n) is 3.10. The number of carbonyl (C=O) groups is 1. The van der Waals surface area contributed by atoms with Crippen LogP contribution in [0.15, 0.2) is 18.2 Å². The monoisotopic (exact) mass is 274 g/mol. The molecule has 0 spiro atoms. The smallest absolute Gasteiger partial charge is 0.260 e. The molecular weight excluding hydrogens is 252 g/mol. The SMILES string of the molecule is N[C@@H]1CCc2cc(OCC(=O)N3CCCCC3)ccc21. The van der Waals surface area contributed by atoms with Crippen molar-refractivity contribution in [3.05, 3.63) is 29.3 Å². The molecule has 20 heavy (non-hydrogen) atoms. The van der Waals surface area contributed by atoms with Crippen LogP contribution in [0.5, 0.6) is 5.75 Å². The van der Waals surface area contributed by atoms with Crippen molar-refractivity contribution < 1.29 is 9.53 Å². The van der Waals surface area contributed by atoms with E-state index in [4.69, 9.17) is 10.5 Å². The molecule has 1 fully saturated rings. The third-order valence-electron chi connectivity index (χ3n) is 4.31. The molecule has 2 N–H and O–H groups in total. The zero-order valence-electron chi connectivity index (χ0n) is 11.8. The Morgan fingerprint density at radius 2 is 2.10 bits per heavy atom. The zero-order chi connectivity index (χ0) is 13.9. The quantitative estimate of drug-likeness (QED) is 0.917. The first-order chi connectivity index (χ1) is 9.74. The van der Waals surface area contributed by atoms with Gasteiger partial charge in [-0.1, -0.05) is 6.07 Å². The molecule has 1 atom stereocenters. The number of hydrogen-bond donors (Lipinski definition) is 1. The Kier molecular flexibility index (Phi) is 3.92. The van der Waals surface area contributed by atoms with E-state index in [0.717, 1.165) is 44.5 Å². The van der Waals surface area contributed by atoms with Gasteiger partial charge in [0, 0.05) is 19.1 Å². The predicted octanol–water partition coefficient (Wildman–Crippen LogP) is 2.02. The van der Waals surface area contributed by atoms with Crippen LogP contribution in [0.2, 0.25) is 0 Å². The van der Waals surface area contributed by atoms with Crippen molar-refractivity contribution in [3.63, 3.8) is 0 Å². The van der Waals surface area contributed by atoms with Gasteiger partial charge in [-0.2, -0.15) is 0 Å². The Morgan fingerprint density at radius 1 is 1.30 bits per heavy atom. The highest BCUT2D eigenvalue weighted by Crippen LogP contribution is 2.31. The molecule has 1 aromatic carbocycles. The third-order valence-corrected chi connectivity index (χ3v) is 4.31. The van der Waals surface area contributed by atoms with Gasteiger partial charge in [0.1, 0.15) is 5.75 Å². The minimum absolute atomic E-state index is 0.0990. The summed E-state index contributed by atoms with van der Waals surface area (Å²) in [6, 6.07) is 6.15. The lowest BCUT2D eigenvalue weighted by molar-refractivity contribution is -0.134. The molecule has 0 bridgehead atoms. The van der Waals surface area contributed by atoms with E-state index >= 15 is 0 Å². The van der Waals surface area contributed by atoms with Gasteiger partial charge in [-0.3, -0.25) is 4.79 Å². The summed E-state index contributed by atoms with van der Waals surface area (Å²) in [6.07, 6.45) is 5.47. The van der Waals surface area contributed by atoms with E-state index in [1.807, 2.05) is 23.1 Å². The fraction of sp³-hybridized carbons (Fsp3) is 0.562. The van der Waals surface area contributed by atoms with Crippen LogP contribution in [0, 0.1) is 0 Å². The van der Waals surface area contributed by atoms with Crippen LogP contribution in [-0.4, -0.2) is 30.5 Å². The molecule has 2 aliphatic rings. The summed E-state index contributed by atoms with van der Waals surface area (Å²) in [5.74, 6) is 0.880. The van der Waals surface area contributed by atoms with Crippen molar-refractivity contribution >= 4 is 5.91 Å². The minimum atomic E-state index is 0.0990. The number of nitrogens with zero attached hydrogens (tertiary/aromatic N) is 1. The molecule has 4 heteroatoms. The number of ether oxygens (including phenoxy) is 1. The molecule has 0 saturated carbocycles. The number of nitrogens with two attached hydrogens (primary N) is 1. The summed E-state index contributed by atoms with van der Waals surface area (Å²) in [5.41, 5.74) is 8.50. The van der Waals surface area contributed by atoms with Crippen molar-refractivity contribution in [3.8, 4) is 5.75 Å². The first kappa shape index (κ1) is 13.4. The molecule has 1 heterocycles. The fourth-order valence-corrected chi connectivity index (χ4v) is 3.10. The van der Waals surface area contributed by atoms with Gasteiger partial charge in [0.2, 0.25) is 0 Å². The first-order valence-electron chi connectivity index (χ1n) is 7.53. The van der Waals surface area contributed by atoms with Crippen molar-refractivity contribution in [1.82, 2.24) is 4.90 Å². The molecule has 1 aromatic rings. The highest BCUT2D eigenvalue weighted by atomic mass is 16.5. The Balaban J connectivity index is 1.57. The highest BCUT2D eigenvalue weighted by Gasteiger charge is 2.20. The lowest BCUT2D eigenvalue weighted by Crippen LogP contribution is -2.38. The minimum Gasteiger partial charge on any atom is -0.484 e. The number of aryl methyl sites for hydroxylation is 1. The lowest BCUT2D eigenvalue weighted by atomic mass is 10.1. The van der Waals surface area contributed by atoms with Gasteiger partial charge >= 0.3 is 0 Å². The predicted molar refractivity (Wildman–Crippen MR) is 77.6 cm³/mol. The Hall–Kier alpha value is -1.55. The van der Waals surface area contributed by atoms with Gasteiger partial charge < -0.3 is 15.4 Å². The van der Waals surface area contributed by atoms with Crippen LogP contribution in [0.1, 0.15) is 42.9 Å². The van der Waals surface area contributed by atoms with Crippen LogP contribution in [0.3, 0.4) is 0 Å². The third kappa shape index (κ3) is 2.80. The molecule has 4 nitrogen and oxygen atoms in total. The molecule has 108 valence electrons. The van der Waals surface area contributed by atoms with E-state index in [1.165, 1.54) is 17.5 Å². The van der Waals surface area contributed by atoms with Crippen molar-refractivity contribution in [2.24, 2.45) is 5.73 Å². The second-order valence-electron chi connectivity index (χ2n) is 5.74. The maximum atomic E-state index is 12.0. The average molecular weight is 274 g/mol. The number of piperidine rings is 1. The van der Waals surface area contributed by atoms with E-state index in [1.54, 1.807) is 0 Å². The molecule has 0 unspecified atom stereocenters. The van der Waals surface area contributed by atoms with E-state index < -0.39 is 0 Å². The topological polar surface area (TPSA) is 55.6 Å². The number of amides is 1. The first-order valence-corrected chi connectivity index (χ1v) is 7.53. The van der Waals surface area contributed by atoms with Gasteiger partial charge in [0.05, 0.1) is 0 Å². The second-order valence-corrected chi connectivity index (χ2v) is 5.74. The van der Waals surface area contributed by atoms with E-state index in [0.29, 0.717) is 0 Å². The second kappa shape index (κ2) is 5.83. The zero-order valence-corrected chi connectivity index (χ0v) is 11.8. The maximum Gasteiger partial charge on any atom is 0.260 e. The van der Waals surface area contributed by atoms with Gasteiger partial charge in [0.25, 0.3) is 5.91 Å². The highest BCUT2D eigenvalue weighted by molar-refractivity contribution is 5.77. The number of fused-ring (bicyclic) bond motifs is 1. The van der Waals surface area contributed by atoms with Crippen LogP contribution >= 0.6 is 0 Å². The molecule has 1 amide bonds. The normalized spacial score (nSPS) is 21.6. The summed E-state index contributed by atoms with van der Waals surface area (Å²) in [6.45, 7) is 1.90. The van der Waals surface area contributed by atoms with Crippen molar-refractivity contribution in [2.45, 2.75) is 38.1 Å². The van der Waals surface area contributed by atoms with E-state index in [9.17, 15) is 4.79 Å². The van der Waals surface area contributed by atoms with Crippen LogP contribution in [0.4, 0.5) is 0 Å². The molecule has 0 aromatic heterocycles. The number of likely N-dealkylation sites (tertiary alicyclic amines) is 1. The standard InChI is InChI=1S/C16H22N2O2/c17-15-7-4-12-10-13(5-6-14(12)15)20-11-16(19)18-8-2-1-3-9-18/h5-6,10,15H,1-4,7-9,11,17H2/t15-/m1/s1. The van der Waals surface area contributed by atoms with Gasteiger partial charge in [-0.15, -0.1) is 0 Å². The summed E-state index contributed by atoms with van der Waals surface area (Å²) >= 11 is 0. The molecule has 3 rings (SSSR count). The Morgan fingerprint density at radius 3 is 2.90 bits per heavy atom. The number of hydrogen-bond acceptors (Lipinski definition) is 3. The number of benzene rings is 1. The average Bonchev–Trinajstić information content (AvgIpc) is 2.87. The summed E-state index contributed by atoms with van der Waals surface area (Å²) in [7, 11) is 0. The van der Waals surface area contributed by atoms with Gasteiger partial charge in [0.15, 0.2) is 6.61 Å². The van der Waals surface area contributed by atoms with Crippen LogP contribution < -0.4 is 10.5 Å². The van der Waals surface area contributed by atoms with Crippen LogP contribution in [0.25, 0.3) is 0 Å². The maximum absolute atomic E-state index is 12.0. The molecular formula is C16H22N2O2. The molecule has 1 aliphatic carbocycles. The summed E-state index contributed by atoms with van der Waals surface area (Å²) in [4.78, 5) is 13.9. The van der Waals surface area contributed by atoms with Crippen molar-refractivity contribution in [1.29, 1.82) is 0 Å². The van der Waals surface area contributed by atoms with Crippen LogP contribution in [-0.2, 0) is 11.2 Å². The molecule has 1 aliphatic heterocycles. The summed E-state index contributed by atoms with van der Waals surface area (Å²) in [5, 5.41) is 0. The lowest BCUT2D eigenvalue weighted by Gasteiger charge is -2.26. The number of carbonyl (C=O) groups excluding carboxylic acids is 1. The van der Waals surface area contributed by atoms with E-state index in [-0.39, 0.29) is 18.6 Å². The van der Waals surface area contributed by atoms with E-state index in [2.05, 4.69) is 0 Å². The van der Waals surface area contributed by atoms with Crippen molar-refractivity contribution in [2.75, 3.05) is 19.7 Å². The Bertz CT molecular complexity index is 495. The number of rotatable bonds is 3.